The van der Waals surface area contributed by atoms with Crippen molar-refractivity contribution >= 4 is 27.6 Å². The van der Waals surface area contributed by atoms with E-state index in [1.165, 1.54) is 7.11 Å². The number of ether oxygens (including phenoxy) is 3. The van der Waals surface area contributed by atoms with Crippen LogP contribution in [0.1, 0.15) is 5.56 Å². The van der Waals surface area contributed by atoms with Gasteiger partial charge >= 0.3 is 6.09 Å². The number of hydrogen-bond donors (Lipinski definition) is 2. The molecule has 0 fully saturated rings. The second-order valence-electron chi connectivity index (χ2n) is 5.83. The molecule has 0 aliphatic rings. The first-order chi connectivity index (χ1) is 12.6. The molecule has 0 aliphatic heterocycles. The van der Waals surface area contributed by atoms with E-state index in [2.05, 4.69) is 10.1 Å². The fraction of sp³-hybridized carbons (Fsp3) is 0.250. The van der Waals surface area contributed by atoms with Gasteiger partial charge in [-0.25, -0.2) is 4.79 Å². The predicted octanol–water partition coefficient (Wildman–Crippen LogP) is 3.61. The number of fused-ring (bicyclic) bond motifs is 3. The number of carbonyl (C=O) groups excluding carboxylic acids is 1. The Kier molecular flexibility index (Phi) is 5.02. The van der Waals surface area contributed by atoms with Gasteiger partial charge in [0.2, 0.25) is 0 Å². The molecule has 0 aliphatic carbocycles. The molecule has 26 heavy (non-hydrogen) atoms. The summed E-state index contributed by atoms with van der Waals surface area (Å²) in [4.78, 5) is 11.3. The zero-order valence-electron chi connectivity index (χ0n) is 15.0. The van der Waals surface area contributed by atoms with E-state index >= 15 is 0 Å². The minimum absolute atomic E-state index is 0.184. The third-order valence-electron chi connectivity index (χ3n) is 4.38. The quantitative estimate of drug-likeness (QED) is 0.684. The molecule has 3 rings (SSSR count). The number of aromatic hydroxyl groups is 1. The van der Waals surface area contributed by atoms with Crippen molar-refractivity contribution in [3.63, 3.8) is 0 Å². The lowest BCUT2D eigenvalue weighted by Crippen LogP contribution is -2.25. The lowest BCUT2D eigenvalue weighted by molar-refractivity contribution is 0.171. The highest BCUT2D eigenvalue weighted by Gasteiger charge is 2.16. The molecule has 0 heterocycles. The maximum Gasteiger partial charge on any atom is 0.406 e. The zero-order valence-corrected chi connectivity index (χ0v) is 15.0. The van der Waals surface area contributed by atoms with E-state index in [0.717, 1.165) is 27.1 Å². The Morgan fingerprint density at radius 2 is 1.81 bits per heavy atom. The van der Waals surface area contributed by atoms with E-state index in [0.29, 0.717) is 24.5 Å². The fourth-order valence-corrected chi connectivity index (χ4v) is 3.18. The second-order valence-corrected chi connectivity index (χ2v) is 5.83. The summed E-state index contributed by atoms with van der Waals surface area (Å²) < 4.78 is 15.7. The first-order valence-corrected chi connectivity index (χ1v) is 8.20. The average molecular weight is 355 g/mol. The molecule has 136 valence electrons. The Morgan fingerprint density at radius 1 is 1.04 bits per heavy atom. The number of amides is 1. The van der Waals surface area contributed by atoms with Crippen molar-refractivity contribution in [2.75, 3.05) is 27.9 Å². The van der Waals surface area contributed by atoms with Crippen molar-refractivity contribution in [2.24, 2.45) is 0 Å². The molecule has 0 aromatic heterocycles. The molecular weight excluding hydrogens is 334 g/mol. The van der Waals surface area contributed by atoms with Crippen LogP contribution in [0.2, 0.25) is 0 Å². The largest absolute Gasteiger partial charge is 0.508 e. The Balaban J connectivity index is 2.21. The number of hydrogen-bond acceptors (Lipinski definition) is 5. The highest BCUT2D eigenvalue weighted by molar-refractivity contribution is 6.13. The van der Waals surface area contributed by atoms with Crippen LogP contribution in [-0.4, -0.2) is 39.1 Å². The van der Waals surface area contributed by atoms with E-state index in [1.54, 1.807) is 26.4 Å². The molecule has 0 saturated heterocycles. The van der Waals surface area contributed by atoms with Crippen LogP contribution in [0.5, 0.6) is 17.2 Å². The Morgan fingerprint density at radius 3 is 2.50 bits per heavy atom. The first kappa shape index (κ1) is 17.7. The first-order valence-electron chi connectivity index (χ1n) is 8.20. The smallest absolute Gasteiger partial charge is 0.406 e. The third-order valence-corrected chi connectivity index (χ3v) is 4.38. The van der Waals surface area contributed by atoms with E-state index in [-0.39, 0.29) is 5.75 Å². The molecule has 6 heteroatoms. The van der Waals surface area contributed by atoms with E-state index in [4.69, 9.17) is 9.47 Å². The lowest BCUT2D eigenvalue weighted by Gasteiger charge is -2.17. The van der Waals surface area contributed by atoms with Gasteiger partial charge in [-0.2, -0.15) is 0 Å². The Hall–Kier alpha value is -3.15. The van der Waals surface area contributed by atoms with Gasteiger partial charge < -0.3 is 24.6 Å². The van der Waals surface area contributed by atoms with Crippen LogP contribution in [-0.2, 0) is 11.2 Å². The fourth-order valence-electron chi connectivity index (χ4n) is 3.18. The maximum atomic E-state index is 11.3. The summed E-state index contributed by atoms with van der Waals surface area (Å²) in [6, 6.07) is 11.2. The Bertz CT molecular complexity index is 967. The highest BCUT2D eigenvalue weighted by atomic mass is 16.5. The molecule has 0 atom stereocenters. The van der Waals surface area contributed by atoms with Crippen molar-refractivity contribution in [1.82, 2.24) is 5.32 Å². The number of benzene rings is 3. The summed E-state index contributed by atoms with van der Waals surface area (Å²) in [6.07, 6.45) is 0.126. The molecule has 0 saturated carbocycles. The predicted molar refractivity (Wildman–Crippen MR) is 100 cm³/mol. The molecule has 1 amide bonds. The third kappa shape index (κ3) is 3.18. The summed E-state index contributed by atoms with van der Waals surface area (Å²) in [6.45, 7) is 0.426. The number of carbonyl (C=O) groups is 1. The molecule has 0 spiro atoms. The molecule has 3 aromatic rings. The number of methoxy groups -OCH3 is 3. The van der Waals surface area contributed by atoms with Gasteiger partial charge in [-0.05, 0) is 46.3 Å². The van der Waals surface area contributed by atoms with Crippen LogP contribution in [0.4, 0.5) is 4.79 Å². The van der Waals surface area contributed by atoms with Crippen molar-refractivity contribution in [3.8, 4) is 17.2 Å². The summed E-state index contributed by atoms with van der Waals surface area (Å²) in [5.41, 5.74) is 0.999. The van der Waals surface area contributed by atoms with Crippen LogP contribution in [0.3, 0.4) is 0 Å². The topological polar surface area (TPSA) is 77.0 Å². The van der Waals surface area contributed by atoms with Crippen LogP contribution in [0.15, 0.2) is 36.4 Å². The Labute approximate surface area is 151 Å². The number of phenols is 1. The minimum Gasteiger partial charge on any atom is -0.508 e. The van der Waals surface area contributed by atoms with E-state index in [9.17, 15) is 9.90 Å². The molecule has 0 bridgehead atoms. The van der Waals surface area contributed by atoms with Gasteiger partial charge in [0.15, 0.2) is 11.5 Å². The van der Waals surface area contributed by atoms with Gasteiger partial charge in [-0.15, -0.1) is 0 Å². The number of nitrogens with one attached hydrogen (secondary N) is 1. The normalized spacial score (nSPS) is 10.7. The van der Waals surface area contributed by atoms with Crippen molar-refractivity contribution in [2.45, 2.75) is 6.42 Å². The summed E-state index contributed by atoms with van der Waals surface area (Å²) in [7, 11) is 4.51. The molecular formula is C20H21NO5. The van der Waals surface area contributed by atoms with Crippen LogP contribution in [0, 0.1) is 0 Å². The standard InChI is InChI=1S/C20H21NO5/c1-24-17-10-13(8-9-21-20(23)26-3)15-7-5-12-4-6-14(22)11-16(12)18(15)19(17)25-2/h4-7,10-11,22H,8-9H2,1-3H3,(H,21,23). The monoisotopic (exact) mass is 355 g/mol. The number of phenolic OH excluding ortho intramolecular Hbond substituents is 1. The maximum absolute atomic E-state index is 11.3. The molecule has 0 radical (unpaired) electrons. The van der Waals surface area contributed by atoms with Crippen molar-refractivity contribution in [1.29, 1.82) is 0 Å². The van der Waals surface area contributed by atoms with Crippen LogP contribution in [0.25, 0.3) is 21.5 Å². The van der Waals surface area contributed by atoms with Gasteiger partial charge in [-0.1, -0.05) is 18.2 Å². The SMILES string of the molecule is COC(=O)NCCc1cc(OC)c(OC)c2c1ccc1ccc(O)cc12. The van der Waals surface area contributed by atoms with Gasteiger partial charge in [0, 0.05) is 11.9 Å². The average Bonchev–Trinajstić information content (AvgIpc) is 2.66. The molecule has 6 nitrogen and oxygen atoms in total. The van der Waals surface area contributed by atoms with Gasteiger partial charge in [0.1, 0.15) is 5.75 Å². The second kappa shape index (κ2) is 7.39. The van der Waals surface area contributed by atoms with Crippen molar-refractivity contribution < 1.29 is 24.1 Å². The lowest BCUT2D eigenvalue weighted by atomic mass is 9.95. The van der Waals surface area contributed by atoms with Crippen molar-refractivity contribution in [3.05, 3.63) is 42.0 Å². The number of rotatable bonds is 5. The van der Waals surface area contributed by atoms with Gasteiger partial charge in [0.25, 0.3) is 0 Å². The van der Waals surface area contributed by atoms with Crippen LogP contribution >= 0.6 is 0 Å². The molecule has 2 N–H and O–H groups in total. The van der Waals surface area contributed by atoms with E-state index in [1.807, 2.05) is 24.3 Å². The zero-order chi connectivity index (χ0) is 18.7. The minimum atomic E-state index is -0.467. The summed E-state index contributed by atoms with van der Waals surface area (Å²) in [5, 5.41) is 16.3. The van der Waals surface area contributed by atoms with Gasteiger partial charge in [0.05, 0.1) is 21.3 Å². The number of alkyl carbamates (subject to hydrolysis) is 1. The van der Waals surface area contributed by atoms with E-state index < -0.39 is 6.09 Å². The summed E-state index contributed by atoms with van der Waals surface area (Å²) >= 11 is 0. The molecule has 3 aromatic carbocycles. The highest BCUT2D eigenvalue weighted by Crippen LogP contribution is 2.42. The summed E-state index contributed by atoms with van der Waals surface area (Å²) in [5.74, 6) is 1.40. The van der Waals surface area contributed by atoms with Gasteiger partial charge in [-0.3, -0.25) is 0 Å². The van der Waals surface area contributed by atoms with Crippen LogP contribution < -0.4 is 14.8 Å². The molecule has 0 unspecified atom stereocenters.